The summed E-state index contributed by atoms with van der Waals surface area (Å²) in [5.41, 5.74) is 2.34. The first-order valence-electron chi connectivity index (χ1n) is 13.0. The summed E-state index contributed by atoms with van der Waals surface area (Å²) in [6, 6.07) is 16.9. The molecule has 1 aliphatic rings. The number of pyridine rings is 1. The molecule has 0 atom stereocenters. The smallest absolute Gasteiger partial charge is 0.258 e. The first-order chi connectivity index (χ1) is 19.4. The largest absolute Gasteiger partial charge is 0.439 e. The van der Waals surface area contributed by atoms with Gasteiger partial charge in [-0.2, -0.15) is 9.37 Å². The van der Waals surface area contributed by atoms with Gasteiger partial charge in [0.25, 0.3) is 5.56 Å². The lowest BCUT2D eigenvalue weighted by molar-refractivity contribution is -0.125. The number of carbonyl (C=O) groups excluding carboxylic acids is 1. The molecule has 0 unspecified atom stereocenters. The number of aromatic nitrogens is 3. The van der Waals surface area contributed by atoms with Gasteiger partial charge in [0, 0.05) is 54.1 Å². The molecule has 0 bridgehead atoms. The SMILES string of the molecule is Cc1cc(Nc2ncc(CC(=O)C3CCOCC3)c(=O)n2Cc2ccc(Cl)cc2)ccc1Oc1cccc(F)n1. The molecule has 5 rings (SSSR count). The van der Waals surface area contributed by atoms with Crippen LogP contribution in [0.1, 0.15) is 29.5 Å². The van der Waals surface area contributed by atoms with Crippen LogP contribution in [0.25, 0.3) is 0 Å². The number of rotatable bonds is 9. The highest BCUT2D eigenvalue weighted by atomic mass is 35.5. The monoisotopic (exact) mass is 562 g/mol. The Morgan fingerprint density at radius 2 is 1.93 bits per heavy atom. The molecule has 0 aliphatic carbocycles. The molecule has 1 fully saturated rings. The van der Waals surface area contributed by atoms with Gasteiger partial charge in [0.05, 0.1) is 6.54 Å². The van der Waals surface area contributed by atoms with Crippen molar-refractivity contribution < 1.29 is 18.7 Å². The molecule has 1 N–H and O–H groups in total. The first kappa shape index (κ1) is 27.5. The van der Waals surface area contributed by atoms with Crippen LogP contribution in [0.2, 0.25) is 5.02 Å². The second-order valence-corrected chi connectivity index (χ2v) is 10.1. The maximum absolute atomic E-state index is 13.6. The minimum absolute atomic E-state index is 0.0245. The molecular formula is C30H28ClFN4O4. The van der Waals surface area contributed by atoms with Gasteiger partial charge in [0.15, 0.2) is 0 Å². The van der Waals surface area contributed by atoms with E-state index in [1.54, 1.807) is 30.3 Å². The Morgan fingerprint density at radius 1 is 1.15 bits per heavy atom. The molecule has 10 heteroatoms. The third-order valence-corrected chi connectivity index (χ3v) is 7.00. The molecular weight excluding hydrogens is 535 g/mol. The summed E-state index contributed by atoms with van der Waals surface area (Å²) in [6.45, 7) is 3.19. The number of aryl methyl sites for hydroxylation is 1. The van der Waals surface area contributed by atoms with Crippen LogP contribution < -0.4 is 15.6 Å². The number of nitrogens with zero attached hydrogens (tertiary/aromatic N) is 3. The number of carbonyl (C=O) groups is 1. The molecule has 0 amide bonds. The van der Waals surface area contributed by atoms with Crippen LogP contribution in [-0.2, 0) is 22.5 Å². The van der Waals surface area contributed by atoms with E-state index in [-0.39, 0.29) is 36.1 Å². The quantitative estimate of drug-likeness (QED) is 0.255. The van der Waals surface area contributed by atoms with Gasteiger partial charge in [-0.3, -0.25) is 14.2 Å². The van der Waals surface area contributed by atoms with Crippen molar-refractivity contribution in [2.24, 2.45) is 5.92 Å². The summed E-state index contributed by atoms with van der Waals surface area (Å²) < 4.78 is 26.1. The molecule has 0 spiro atoms. The number of anilines is 2. The summed E-state index contributed by atoms with van der Waals surface area (Å²) in [6.07, 6.45) is 2.83. The molecule has 40 heavy (non-hydrogen) atoms. The number of halogens is 2. The predicted octanol–water partition coefficient (Wildman–Crippen LogP) is 5.86. The lowest BCUT2D eigenvalue weighted by atomic mass is 9.92. The highest BCUT2D eigenvalue weighted by Crippen LogP contribution is 2.28. The number of Topliss-reactive ketones (excluding diaryl/α,β-unsaturated/α-hetero) is 1. The van der Waals surface area contributed by atoms with Gasteiger partial charge in [0.2, 0.25) is 17.8 Å². The lowest BCUT2D eigenvalue weighted by Crippen LogP contribution is -2.31. The van der Waals surface area contributed by atoms with Crippen molar-refractivity contribution in [3.8, 4) is 11.6 Å². The van der Waals surface area contributed by atoms with E-state index in [2.05, 4.69) is 15.3 Å². The van der Waals surface area contributed by atoms with Gasteiger partial charge in [-0.05, 0) is 67.3 Å². The number of hydrogen-bond donors (Lipinski definition) is 1. The van der Waals surface area contributed by atoms with E-state index < -0.39 is 5.95 Å². The van der Waals surface area contributed by atoms with Crippen LogP contribution >= 0.6 is 11.6 Å². The van der Waals surface area contributed by atoms with Crippen molar-refractivity contribution in [1.29, 1.82) is 0 Å². The fourth-order valence-corrected chi connectivity index (χ4v) is 4.68. The maximum atomic E-state index is 13.6. The van der Waals surface area contributed by atoms with E-state index in [9.17, 15) is 14.0 Å². The second kappa shape index (κ2) is 12.4. The van der Waals surface area contributed by atoms with Crippen LogP contribution in [0.3, 0.4) is 0 Å². The minimum Gasteiger partial charge on any atom is -0.439 e. The van der Waals surface area contributed by atoms with E-state index in [0.717, 1.165) is 11.1 Å². The molecule has 4 aromatic rings. The Hall–Kier alpha value is -4.08. The number of ketones is 1. The molecule has 3 heterocycles. The van der Waals surface area contributed by atoms with Crippen molar-refractivity contribution in [3.05, 3.63) is 105 Å². The number of nitrogens with one attached hydrogen (secondary N) is 1. The van der Waals surface area contributed by atoms with E-state index in [1.807, 2.05) is 25.1 Å². The minimum atomic E-state index is -0.629. The van der Waals surface area contributed by atoms with Crippen LogP contribution in [0.4, 0.5) is 16.0 Å². The standard InChI is InChI=1S/C30H28ClFN4O4/c1-19-15-24(9-10-26(19)40-28-4-2-3-27(32)35-28)34-30-33-17-22(16-25(37)21-11-13-39-14-12-21)29(38)36(30)18-20-5-7-23(31)8-6-20/h2-10,15,17,21H,11-14,16,18H2,1H3,(H,33,34). The van der Waals surface area contributed by atoms with Crippen LogP contribution in [0.15, 0.2) is 71.7 Å². The third kappa shape index (κ3) is 6.73. The summed E-state index contributed by atoms with van der Waals surface area (Å²) in [7, 11) is 0. The van der Waals surface area contributed by atoms with Crippen molar-refractivity contribution in [3.63, 3.8) is 0 Å². The highest BCUT2D eigenvalue weighted by molar-refractivity contribution is 6.30. The maximum Gasteiger partial charge on any atom is 0.258 e. The fraction of sp³-hybridized carbons (Fsp3) is 0.267. The predicted molar refractivity (Wildman–Crippen MR) is 150 cm³/mol. The summed E-state index contributed by atoms with van der Waals surface area (Å²) >= 11 is 6.05. The fourth-order valence-electron chi connectivity index (χ4n) is 4.56. The van der Waals surface area contributed by atoms with Crippen molar-refractivity contribution >= 4 is 29.0 Å². The zero-order valence-electron chi connectivity index (χ0n) is 21.9. The molecule has 1 aliphatic heterocycles. The molecule has 2 aromatic heterocycles. The number of ether oxygens (including phenoxy) is 2. The Labute approximate surface area is 235 Å². The Kier molecular flexibility index (Phi) is 8.52. The normalized spacial score (nSPS) is 13.7. The number of benzene rings is 2. The van der Waals surface area contributed by atoms with Gasteiger partial charge in [-0.1, -0.05) is 29.8 Å². The second-order valence-electron chi connectivity index (χ2n) is 9.66. The van der Waals surface area contributed by atoms with Gasteiger partial charge < -0.3 is 14.8 Å². The lowest BCUT2D eigenvalue weighted by Gasteiger charge is -2.21. The van der Waals surface area contributed by atoms with E-state index in [0.29, 0.717) is 54.0 Å². The average molecular weight is 563 g/mol. The van der Waals surface area contributed by atoms with E-state index in [1.165, 1.54) is 22.9 Å². The van der Waals surface area contributed by atoms with Gasteiger partial charge in [0.1, 0.15) is 11.5 Å². The Bertz CT molecular complexity index is 1570. The van der Waals surface area contributed by atoms with Gasteiger partial charge in [-0.25, -0.2) is 4.98 Å². The molecule has 0 saturated carbocycles. The first-order valence-corrected chi connectivity index (χ1v) is 13.4. The summed E-state index contributed by atoms with van der Waals surface area (Å²) in [5.74, 6) is 0.269. The molecule has 0 radical (unpaired) electrons. The van der Waals surface area contributed by atoms with E-state index in [4.69, 9.17) is 21.1 Å². The van der Waals surface area contributed by atoms with Gasteiger partial charge >= 0.3 is 0 Å². The topological polar surface area (TPSA) is 95.3 Å². The third-order valence-electron chi connectivity index (χ3n) is 6.75. The van der Waals surface area contributed by atoms with Crippen molar-refractivity contribution in [2.75, 3.05) is 18.5 Å². The zero-order valence-corrected chi connectivity index (χ0v) is 22.7. The van der Waals surface area contributed by atoms with Crippen molar-refractivity contribution in [1.82, 2.24) is 14.5 Å². The number of hydrogen-bond acceptors (Lipinski definition) is 7. The van der Waals surface area contributed by atoms with Crippen LogP contribution in [-0.4, -0.2) is 33.5 Å². The molecule has 1 saturated heterocycles. The van der Waals surface area contributed by atoms with Crippen LogP contribution in [0.5, 0.6) is 11.6 Å². The zero-order chi connectivity index (χ0) is 28.1. The summed E-state index contributed by atoms with van der Waals surface area (Å²) in [5, 5.41) is 3.82. The van der Waals surface area contributed by atoms with Gasteiger partial charge in [-0.15, -0.1) is 0 Å². The van der Waals surface area contributed by atoms with Crippen LogP contribution in [0, 0.1) is 18.8 Å². The average Bonchev–Trinajstić information content (AvgIpc) is 2.95. The Balaban J connectivity index is 1.41. The molecule has 206 valence electrons. The Morgan fingerprint density at radius 3 is 2.65 bits per heavy atom. The summed E-state index contributed by atoms with van der Waals surface area (Å²) in [4.78, 5) is 34.8. The molecule has 8 nitrogen and oxygen atoms in total. The molecule has 2 aromatic carbocycles. The van der Waals surface area contributed by atoms with Crippen molar-refractivity contribution in [2.45, 2.75) is 32.7 Å². The highest BCUT2D eigenvalue weighted by Gasteiger charge is 2.23. The van der Waals surface area contributed by atoms with E-state index >= 15 is 0 Å².